The van der Waals surface area contributed by atoms with Gasteiger partial charge in [0.1, 0.15) is 12.4 Å². The van der Waals surface area contributed by atoms with Crippen LogP contribution in [-0.4, -0.2) is 44.2 Å². The van der Waals surface area contributed by atoms with Gasteiger partial charge in [-0.2, -0.15) is 0 Å². The van der Waals surface area contributed by atoms with Crippen LogP contribution in [-0.2, 0) is 0 Å². The summed E-state index contributed by atoms with van der Waals surface area (Å²) in [6, 6.07) is 8.30. The van der Waals surface area contributed by atoms with Crippen molar-refractivity contribution in [3.05, 3.63) is 29.3 Å². The van der Waals surface area contributed by atoms with E-state index in [1.807, 2.05) is 24.3 Å². The summed E-state index contributed by atoms with van der Waals surface area (Å²) < 4.78 is 5.71. The van der Waals surface area contributed by atoms with E-state index in [0.717, 1.165) is 25.4 Å². The zero-order chi connectivity index (χ0) is 12.8. The molecule has 4 heteroatoms. The van der Waals surface area contributed by atoms with Crippen molar-refractivity contribution in [1.82, 2.24) is 10.2 Å². The summed E-state index contributed by atoms with van der Waals surface area (Å²) >= 11 is 6.04. The molecule has 1 N–H and O–H groups in total. The zero-order valence-corrected chi connectivity index (χ0v) is 11.6. The molecule has 0 spiro atoms. The first kappa shape index (κ1) is 13.7. The monoisotopic (exact) mass is 268 g/mol. The second-order valence-electron chi connectivity index (χ2n) is 4.74. The molecule has 1 aliphatic heterocycles. The maximum absolute atomic E-state index is 6.04. The van der Waals surface area contributed by atoms with Crippen LogP contribution in [0.1, 0.15) is 12.8 Å². The van der Waals surface area contributed by atoms with Crippen molar-refractivity contribution in [2.75, 3.05) is 33.3 Å². The van der Waals surface area contributed by atoms with E-state index < -0.39 is 0 Å². The Kier molecular flexibility index (Phi) is 5.29. The molecule has 3 nitrogen and oxygen atoms in total. The van der Waals surface area contributed by atoms with Crippen molar-refractivity contribution in [2.45, 2.75) is 18.9 Å². The lowest BCUT2D eigenvalue weighted by molar-refractivity contribution is 0.165. The van der Waals surface area contributed by atoms with Crippen LogP contribution in [0.25, 0.3) is 0 Å². The van der Waals surface area contributed by atoms with E-state index in [-0.39, 0.29) is 0 Å². The van der Waals surface area contributed by atoms with E-state index in [4.69, 9.17) is 16.3 Å². The van der Waals surface area contributed by atoms with Crippen molar-refractivity contribution in [3.8, 4) is 5.75 Å². The second-order valence-corrected chi connectivity index (χ2v) is 5.15. The summed E-state index contributed by atoms with van der Waals surface area (Å²) in [5.41, 5.74) is 0. The van der Waals surface area contributed by atoms with Gasteiger partial charge in [0.05, 0.1) is 5.02 Å². The van der Waals surface area contributed by atoms with Crippen LogP contribution in [0.15, 0.2) is 24.3 Å². The average Bonchev–Trinajstić information content (AvgIpc) is 2.42. The standard InChI is InChI=1S/C14H21ClN2O/c1-17(12-6-8-16-9-7-12)10-11-18-14-5-3-2-4-13(14)15/h2-5,12,16H,6-11H2,1H3. The molecular formula is C14H21ClN2O. The van der Waals surface area contributed by atoms with Crippen LogP contribution < -0.4 is 10.1 Å². The van der Waals surface area contributed by atoms with Gasteiger partial charge in [-0.15, -0.1) is 0 Å². The van der Waals surface area contributed by atoms with Gasteiger partial charge in [0.2, 0.25) is 0 Å². The number of para-hydroxylation sites is 1. The summed E-state index contributed by atoms with van der Waals surface area (Å²) in [7, 11) is 2.17. The van der Waals surface area contributed by atoms with Crippen molar-refractivity contribution in [1.29, 1.82) is 0 Å². The van der Waals surface area contributed by atoms with Gasteiger partial charge in [-0.05, 0) is 45.1 Å². The molecule has 1 aromatic carbocycles. The van der Waals surface area contributed by atoms with E-state index in [2.05, 4.69) is 17.3 Å². The second kappa shape index (κ2) is 6.98. The molecule has 1 saturated heterocycles. The molecule has 0 aromatic heterocycles. The number of nitrogens with one attached hydrogen (secondary N) is 1. The minimum atomic E-state index is 0.682. The number of ether oxygens (including phenoxy) is 1. The molecule has 0 atom stereocenters. The van der Waals surface area contributed by atoms with Crippen LogP contribution in [0.5, 0.6) is 5.75 Å². The molecule has 18 heavy (non-hydrogen) atoms. The molecule has 2 rings (SSSR count). The molecule has 1 aromatic rings. The zero-order valence-electron chi connectivity index (χ0n) is 10.9. The third-order valence-corrected chi connectivity index (χ3v) is 3.78. The molecule has 0 saturated carbocycles. The molecule has 1 heterocycles. The van der Waals surface area contributed by atoms with Gasteiger partial charge in [0.25, 0.3) is 0 Å². The predicted molar refractivity (Wildman–Crippen MR) is 75.5 cm³/mol. The minimum Gasteiger partial charge on any atom is -0.491 e. The minimum absolute atomic E-state index is 0.682. The smallest absolute Gasteiger partial charge is 0.137 e. The highest BCUT2D eigenvalue weighted by Gasteiger charge is 2.17. The summed E-state index contributed by atoms with van der Waals surface area (Å²) in [5, 5.41) is 4.07. The van der Waals surface area contributed by atoms with Gasteiger partial charge >= 0.3 is 0 Å². The Morgan fingerprint density at radius 1 is 1.33 bits per heavy atom. The van der Waals surface area contributed by atoms with Gasteiger partial charge < -0.3 is 10.1 Å². The SMILES string of the molecule is CN(CCOc1ccccc1Cl)C1CCNCC1. The first-order chi connectivity index (χ1) is 8.77. The maximum Gasteiger partial charge on any atom is 0.137 e. The maximum atomic E-state index is 6.04. The summed E-state index contributed by atoms with van der Waals surface area (Å²) in [4.78, 5) is 2.39. The molecule has 0 aliphatic carbocycles. The molecule has 0 unspecified atom stereocenters. The van der Waals surface area contributed by atoms with Crippen molar-refractivity contribution >= 4 is 11.6 Å². The summed E-state index contributed by atoms with van der Waals surface area (Å²) in [6.45, 7) is 3.88. The Balaban J connectivity index is 1.73. The van der Waals surface area contributed by atoms with Gasteiger partial charge in [-0.1, -0.05) is 23.7 Å². The number of benzene rings is 1. The molecule has 0 radical (unpaired) electrons. The number of likely N-dealkylation sites (N-methyl/N-ethyl adjacent to an activating group) is 1. The summed E-state index contributed by atoms with van der Waals surface area (Å²) in [6.07, 6.45) is 2.45. The van der Waals surface area contributed by atoms with Crippen molar-refractivity contribution in [2.24, 2.45) is 0 Å². The topological polar surface area (TPSA) is 24.5 Å². The molecule has 100 valence electrons. The first-order valence-corrected chi connectivity index (χ1v) is 6.93. The molecular weight excluding hydrogens is 248 g/mol. The van der Waals surface area contributed by atoms with E-state index in [0.29, 0.717) is 17.7 Å². The van der Waals surface area contributed by atoms with E-state index in [1.165, 1.54) is 12.8 Å². The lowest BCUT2D eigenvalue weighted by atomic mass is 10.1. The highest BCUT2D eigenvalue weighted by atomic mass is 35.5. The lowest BCUT2D eigenvalue weighted by Crippen LogP contribution is -2.42. The Bertz CT molecular complexity index is 367. The normalized spacial score (nSPS) is 17.1. The van der Waals surface area contributed by atoms with Crippen LogP contribution in [0.4, 0.5) is 0 Å². The van der Waals surface area contributed by atoms with Crippen LogP contribution in [0.3, 0.4) is 0 Å². The van der Waals surface area contributed by atoms with Crippen LogP contribution in [0.2, 0.25) is 5.02 Å². The number of piperidine rings is 1. The van der Waals surface area contributed by atoms with Gasteiger partial charge in [-0.3, -0.25) is 4.90 Å². The quantitative estimate of drug-likeness (QED) is 0.888. The Morgan fingerprint density at radius 2 is 2.06 bits per heavy atom. The third-order valence-electron chi connectivity index (χ3n) is 3.47. The third kappa shape index (κ3) is 3.87. The van der Waals surface area contributed by atoms with Crippen molar-refractivity contribution in [3.63, 3.8) is 0 Å². The highest BCUT2D eigenvalue weighted by molar-refractivity contribution is 6.32. The fourth-order valence-corrected chi connectivity index (χ4v) is 2.48. The Hall–Kier alpha value is -0.770. The largest absolute Gasteiger partial charge is 0.491 e. The summed E-state index contributed by atoms with van der Waals surface area (Å²) in [5.74, 6) is 0.776. The van der Waals surface area contributed by atoms with E-state index >= 15 is 0 Å². The Morgan fingerprint density at radius 3 is 2.78 bits per heavy atom. The number of halogens is 1. The molecule has 0 bridgehead atoms. The predicted octanol–water partition coefficient (Wildman–Crippen LogP) is 2.40. The highest BCUT2D eigenvalue weighted by Crippen LogP contribution is 2.23. The average molecular weight is 269 g/mol. The molecule has 1 aliphatic rings. The lowest BCUT2D eigenvalue weighted by Gasteiger charge is -2.31. The fourth-order valence-electron chi connectivity index (χ4n) is 2.29. The van der Waals surface area contributed by atoms with Gasteiger partial charge in [0, 0.05) is 12.6 Å². The number of hydrogen-bond acceptors (Lipinski definition) is 3. The van der Waals surface area contributed by atoms with E-state index in [9.17, 15) is 0 Å². The Labute approximate surface area is 114 Å². The van der Waals surface area contributed by atoms with Crippen LogP contribution >= 0.6 is 11.6 Å². The molecule has 0 amide bonds. The first-order valence-electron chi connectivity index (χ1n) is 6.55. The number of hydrogen-bond donors (Lipinski definition) is 1. The molecule has 1 fully saturated rings. The van der Waals surface area contributed by atoms with E-state index in [1.54, 1.807) is 0 Å². The number of rotatable bonds is 5. The number of nitrogens with zero attached hydrogens (tertiary/aromatic N) is 1. The fraction of sp³-hybridized carbons (Fsp3) is 0.571. The van der Waals surface area contributed by atoms with Crippen LogP contribution in [0, 0.1) is 0 Å². The van der Waals surface area contributed by atoms with Gasteiger partial charge in [0.15, 0.2) is 0 Å². The van der Waals surface area contributed by atoms with Crippen molar-refractivity contribution < 1.29 is 4.74 Å². The van der Waals surface area contributed by atoms with Gasteiger partial charge in [-0.25, -0.2) is 0 Å².